The largest absolute Gasteiger partial charge is 0.286 e. The average molecular weight is 342 g/mol. The van der Waals surface area contributed by atoms with Crippen molar-refractivity contribution in [3.8, 4) is 0 Å². The molecule has 0 atom stereocenters. The van der Waals surface area contributed by atoms with Crippen LogP contribution >= 0.6 is 11.6 Å². The zero-order chi connectivity index (χ0) is 17.1. The number of nitrogens with one attached hydrogen (secondary N) is 1. The maximum atomic E-state index is 12.1. The van der Waals surface area contributed by atoms with Gasteiger partial charge in [-0.3, -0.25) is 9.69 Å². The van der Waals surface area contributed by atoms with Gasteiger partial charge in [-0.2, -0.15) is 5.10 Å². The third-order valence-electron chi connectivity index (χ3n) is 4.27. The van der Waals surface area contributed by atoms with E-state index < -0.39 is 0 Å². The Labute approximate surface area is 147 Å². The second-order valence-electron chi connectivity index (χ2n) is 6.17. The number of hydrazone groups is 1. The summed E-state index contributed by atoms with van der Waals surface area (Å²) >= 11 is 6.04. The first-order valence-corrected chi connectivity index (χ1v) is 8.28. The van der Waals surface area contributed by atoms with Gasteiger partial charge in [-0.15, -0.1) is 0 Å². The lowest BCUT2D eigenvalue weighted by Gasteiger charge is -2.12. The van der Waals surface area contributed by atoms with E-state index in [0.29, 0.717) is 11.6 Å². The molecule has 0 radical (unpaired) electrons. The molecule has 0 aromatic heterocycles. The van der Waals surface area contributed by atoms with Gasteiger partial charge in [0.1, 0.15) is 0 Å². The van der Waals surface area contributed by atoms with E-state index in [2.05, 4.69) is 41.4 Å². The molecule has 1 N–H and O–H groups in total. The molecular weight excluding hydrogens is 322 g/mol. The smallest absolute Gasteiger partial charge is 0.254 e. The third-order valence-corrected chi connectivity index (χ3v) is 4.61. The number of carbonyl (C=O) groups excluding carboxylic acids is 1. The van der Waals surface area contributed by atoms with Crippen LogP contribution < -0.4 is 5.43 Å². The summed E-state index contributed by atoms with van der Waals surface area (Å²) in [5.74, 6) is -0.125. The zero-order valence-corrected chi connectivity index (χ0v) is 14.6. The quantitative estimate of drug-likeness (QED) is 0.684. The lowest BCUT2D eigenvalue weighted by molar-refractivity contribution is -0.122. The van der Waals surface area contributed by atoms with Crippen LogP contribution in [0.5, 0.6) is 0 Å². The number of carbonyl (C=O) groups is 1. The Balaban J connectivity index is 1.54. The summed E-state index contributed by atoms with van der Waals surface area (Å²) in [6.45, 7) is 6.17. The number of hydrogen-bond acceptors (Lipinski definition) is 3. The minimum absolute atomic E-state index is 0.125. The van der Waals surface area contributed by atoms with E-state index in [1.807, 2.05) is 18.2 Å². The second-order valence-corrected chi connectivity index (χ2v) is 6.57. The van der Waals surface area contributed by atoms with E-state index in [9.17, 15) is 4.79 Å². The Hall–Kier alpha value is -2.17. The van der Waals surface area contributed by atoms with Gasteiger partial charge in [-0.05, 0) is 42.2 Å². The van der Waals surface area contributed by atoms with Gasteiger partial charge >= 0.3 is 0 Å². The van der Waals surface area contributed by atoms with Crippen LogP contribution in [0.3, 0.4) is 0 Å². The first-order chi connectivity index (χ1) is 11.5. The highest BCUT2D eigenvalue weighted by atomic mass is 35.5. The minimum atomic E-state index is -0.125. The van der Waals surface area contributed by atoms with Gasteiger partial charge in [0.05, 0.1) is 12.8 Å². The topological polar surface area (TPSA) is 44.7 Å². The molecule has 0 fully saturated rings. The van der Waals surface area contributed by atoms with Crippen LogP contribution in [0.25, 0.3) is 0 Å². The summed E-state index contributed by atoms with van der Waals surface area (Å²) in [7, 11) is 0. The monoisotopic (exact) mass is 341 g/mol. The van der Waals surface area contributed by atoms with Crippen LogP contribution in [0.1, 0.15) is 27.8 Å². The van der Waals surface area contributed by atoms with Crippen LogP contribution in [0, 0.1) is 13.8 Å². The summed E-state index contributed by atoms with van der Waals surface area (Å²) in [6, 6.07) is 11.8. The average Bonchev–Trinajstić information content (AvgIpc) is 2.90. The van der Waals surface area contributed by atoms with Gasteiger partial charge in [-0.25, -0.2) is 5.43 Å². The van der Waals surface area contributed by atoms with Crippen molar-refractivity contribution in [2.45, 2.75) is 26.9 Å². The van der Waals surface area contributed by atoms with Gasteiger partial charge in [0, 0.05) is 23.7 Å². The normalized spacial score (nSPS) is 14.1. The number of rotatable bonds is 4. The highest BCUT2D eigenvalue weighted by Crippen LogP contribution is 2.25. The summed E-state index contributed by atoms with van der Waals surface area (Å²) in [5.41, 5.74) is 8.55. The molecule has 0 saturated heterocycles. The summed E-state index contributed by atoms with van der Waals surface area (Å²) < 4.78 is 0. The third kappa shape index (κ3) is 3.83. The molecule has 0 bridgehead atoms. The molecule has 3 rings (SSSR count). The molecule has 1 aliphatic rings. The van der Waals surface area contributed by atoms with E-state index in [1.54, 1.807) is 12.3 Å². The van der Waals surface area contributed by atoms with Crippen LogP contribution in [0.15, 0.2) is 41.5 Å². The number of amides is 1. The van der Waals surface area contributed by atoms with E-state index in [1.165, 1.54) is 22.3 Å². The van der Waals surface area contributed by atoms with Gasteiger partial charge in [-0.1, -0.05) is 41.9 Å². The SMILES string of the molecule is Cc1cc2c(cc1C)CN(CC(=O)N/N=C\c1ccccc1Cl)C2. The fraction of sp³-hybridized carbons (Fsp3) is 0.263. The number of nitrogens with zero attached hydrogens (tertiary/aromatic N) is 2. The first-order valence-electron chi connectivity index (χ1n) is 7.90. The fourth-order valence-electron chi connectivity index (χ4n) is 2.87. The molecule has 1 aliphatic heterocycles. The Morgan fingerprint density at radius 1 is 1.21 bits per heavy atom. The first kappa shape index (κ1) is 16.7. The Bertz CT molecular complexity index is 770. The molecule has 0 aliphatic carbocycles. The van der Waals surface area contributed by atoms with Crippen molar-refractivity contribution in [3.05, 3.63) is 69.2 Å². The second kappa shape index (κ2) is 7.16. The van der Waals surface area contributed by atoms with E-state index >= 15 is 0 Å². The van der Waals surface area contributed by atoms with Crippen molar-refractivity contribution >= 4 is 23.7 Å². The summed E-state index contributed by atoms with van der Waals surface area (Å²) in [6.07, 6.45) is 1.56. The summed E-state index contributed by atoms with van der Waals surface area (Å²) in [5, 5.41) is 4.59. The van der Waals surface area contributed by atoms with E-state index in [4.69, 9.17) is 11.6 Å². The van der Waals surface area contributed by atoms with Crippen LogP contribution in [0.2, 0.25) is 5.02 Å². The number of benzene rings is 2. The molecule has 0 spiro atoms. The van der Waals surface area contributed by atoms with E-state index in [0.717, 1.165) is 18.7 Å². The fourth-order valence-corrected chi connectivity index (χ4v) is 3.06. The lowest BCUT2D eigenvalue weighted by Crippen LogP contribution is -2.32. The van der Waals surface area contributed by atoms with Crippen molar-refractivity contribution in [1.29, 1.82) is 0 Å². The van der Waals surface area contributed by atoms with Crippen molar-refractivity contribution in [1.82, 2.24) is 10.3 Å². The van der Waals surface area contributed by atoms with Crippen molar-refractivity contribution in [2.75, 3.05) is 6.54 Å². The van der Waals surface area contributed by atoms with Gasteiger partial charge in [0.15, 0.2) is 0 Å². The number of fused-ring (bicyclic) bond motifs is 1. The molecular formula is C19H20ClN3O. The number of hydrogen-bond donors (Lipinski definition) is 1. The van der Waals surface area contributed by atoms with Crippen molar-refractivity contribution < 1.29 is 4.79 Å². The van der Waals surface area contributed by atoms with Crippen LogP contribution in [-0.4, -0.2) is 23.6 Å². The lowest BCUT2D eigenvalue weighted by atomic mass is 10.0. The molecule has 1 amide bonds. The van der Waals surface area contributed by atoms with Crippen LogP contribution in [-0.2, 0) is 17.9 Å². The molecule has 5 heteroatoms. The van der Waals surface area contributed by atoms with Gasteiger partial charge in [0.2, 0.25) is 0 Å². The van der Waals surface area contributed by atoms with Gasteiger partial charge in [0.25, 0.3) is 5.91 Å². The highest BCUT2D eigenvalue weighted by molar-refractivity contribution is 6.33. The Morgan fingerprint density at radius 3 is 2.46 bits per heavy atom. The summed E-state index contributed by atoms with van der Waals surface area (Å²) in [4.78, 5) is 14.2. The maximum absolute atomic E-state index is 12.1. The predicted octanol–water partition coefficient (Wildman–Crippen LogP) is 3.42. The molecule has 0 unspecified atom stereocenters. The minimum Gasteiger partial charge on any atom is -0.286 e. The molecule has 24 heavy (non-hydrogen) atoms. The standard InChI is InChI=1S/C19H20ClN3O/c1-13-7-16-10-23(11-17(16)8-14(13)2)12-19(24)22-21-9-15-5-3-4-6-18(15)20/h3-9H,10-12H2,1-2H3,(H,22,24)/b21-9-. The van der Waals surface area contributed by atoms with Crippen LogP contribution in [0.4, 0.5) is 0 Å². The molecule has 1 heterocycles. The molecule has 4 nitrogen and oxygen atoms in total. The Kier molecular flexibility index (Phi) is 4.97. The molecule has 124 valence electrons. The predicted molar refractivity (Wildman–Crippen MR) is 97.2 cm³/mol. The van der Waals surface area contributed by atoms with Crippen molar-refractivity contribution in [3.63, 3.8) is 0 Å². The highest BCUT2D eigenvalue weighted by Gasteiger charge is 2.21. The number of aryl methyl sites for hydroxylation is 2. The zero-order valence-electron chi connectivity index (χ0n) is 13.8. The van der Waals surface area contributed by atoms with Crippen molar-refractivity contribution in [2.24, 2.45) is 5.10 Å². The molecule has 0 saturated carbocycles. The maximum Gasteiger partial charge on any atom is 0.254 e. The molecule has 2 aromatic carbocycles. The van der Waals surface area contributed by atoms with Gasteiger partial charge < -0.3 is 0 Å². The molecule has 2 aromatic rings. The van der Waals surface area contributed by atoms with E-state index in [-0.39, 0.29) is 5.91 Å². The Morgan fingerprint density at radius 2 is 1.83 bits per heavy atom. The number of halogens is 1.